The molecule has 0 spiro atoms. The van der Waals surface area contributed by atoms with Crippen LogP contribution in [0, 0.1) is 0 Å². The Bertz CT molecular complexity index is 558. The third-order valence-electron chi connectivity index (χ3n) is 3.86. The number of aromatic nitrogens is 2. The maximum Gasteiger partial charge on any atom is 0.246 e. The highest BCUT2D eigenvalue weighted by molar-refractivity contribution is 7.89. The van der Waals surface area contributed by atoms with Crippen LogP contribution in [0.4, 0.5) is 0 Å². The van der Waals surface area contributed by atoms with Crippen molar-refractivity contribution in [3.8, 4) is 0 Å². The van der Waals surface area contributed by atoms with Crippen LogP contribution < -0.4 is 0 Å². The first-order chi connectivity index (χ1) is 9.98. The summed E-state index contributed by atoms with van der Waals surface area (Å²) in [5.74, 6) is 0. The van der Waals surface area contributed by atoms with Crippen molar-refractivity contribution in [1.29, 1.82) is 0 Å². The van der Waals surface area contributed by atoms with Gasteiger partial charge in [-0.3, -0.25) is 4.68 Å². The highest BCUT2D eigenvalue weighted by Gasteiger charge is 2.33. The van der Waals surface area contributed by atoms with E-state index in [2.05, 4.69) is 10.00 Å². The largest absolute Gasteiger partial charge is 0.394 e. The lowest BCUT2D eigenvalue weighted by molar-refractivity contribution is 0.268. The molecule has 21 heavy (non-hydrogen) atoms. The Hall–Kier alpha value is -0.960. The highest BCUT2D eigenvalue weighted by Crippen LogP contribution is 2.22. The number of aliphatic hydroxyl groups is 1. The summed E-state index contributed by atoms with van der Waals surface area (Å²) in [4.78, 5) is 2.39. The zero-order chi connectivity index (χ0) is 15.5. The lowest BCUT2D eigenvalue weighted by atomic mass is 10.2. The van der Waals surface area contributed by atoms with Gasteiger partial charge in [-0.15, -0.1) is 0 Å². The average Bonchev–Trinajstić information content (AvgIpc) is 2.82. The smallest absolute Gasteiger partial charge is 0.246 e. The number of aliphatic hydroxyl groups excluding tert-OH is 1. The molecule has 0 bridgehead atoms. The summed E-state index contributed by atoms with van der Waals surface area (Å²) in [6.07, 6.45) is 4.48. The Kier molecular flexibility index (Phi) is 5.37. The molecule has 1 saturated heterocycles. The van der Waals surface area contributed by atoms with Crippen molar-refractivity contribution in [3.05, 3.63) is 12.4 Å². The predicted molar refractivity (Wildman–Crippen MR) is 79.4 cm³/mol. The zero-order valence-corrected chi connectivity index (χ0v) is 13.5. The Morgan fingerprint density at radius 1 is 1.43 bits per heavy atom. The van der Waals surface area contributed by atoms with Crippen molar-refractivity contribution in [3.63, 3.8) is 0 Å². The van der Waals surface area contributed by atoms with Crippen LogP contribution in [-0.2, 0) is 16.6 Å². The minimum absolute atomic E-state index is 0.0105. The fourth-order valence-corrected chi connectivity index (χ4v) is 4.39. The fraction of sp³-hybridized carbons (Fsp3) is 0.769. The van der Waals surface area contributed by atoms with Crippen molar-refractivity contribution in [2.24, 2.45) is 0 Å². The second kappa shape index (κ2) is 6.87. The molecule has 0 aliphatic carbocycles. The van der Waals surface area contributed by atoms with E-state index in [1.807, 2.05) is 14.0 Å². The van der Waals surface area contributed by atoms with Crippen LogP contribution in [0.25, 0.3) is 0 Å². The summed E-state index contributed by atoms with van der Waals surface area (Å²) >= 11 is 0. The van der Waals surface area contributed by atoms with Crippen LogP contribution in [0.15, 0.2) is 17.3 Å². The Balaban J connectivity index is 2.27. The van der Waals surface area contributed by atoms with Crippen LogP contribution >= 0.6 is 0 Å². The molecule has 1 unspecified atom stereocenters. The number of rotatable bonds is 5. The summed E-state index contributed by atoms with van der Waals surface area (Å²) in [5, 5.41) is 12.9. The van der Waals surface area contributed by atoms with Gasteiger partial charge in [0.25, 0.3) is 0 Å². The van der Waals surface area contributed by atoms with Crippen molar-refractivity contribution < 1.29 is 13.5 Å². The van der Waals surface area contributed by atoms with Gasteiger partial charge in [-0.25, -0.2) is 8.42 Å². The van der Waals surface area contributed by atoms with Gasteiger partial charge in [0.15, 0.2) is 0 Å². The SMILES string of the molecule is CCC1CN(C)CCCN1S(=O)(=O)c1cnn(CCO)c1. The number of hydrogen-bond acceptors (Lipinski definition) is 5. The average molecular weight is 316 g/mol. The van der Waals surface area contributed by atoms with Gasteiger partial charge in [0.2, 0.25) is 10.0 Å². The van der Waals surface area contributed by atoms with Crippen LogP contribution in [-0.4, -0.2) is 71.8 Å². The zero-order valence-electron chi connectivity index (χ0n) is 12.6. The van der Waals surface area contributed by atoms with Gasteiger partial charge in [-0.1, -0.05) is 6.92 Å². The van der Waals surface area contributed by atoms with Gasteiger partial charge < -0.3 is 10.0 Å². The molecule has 1 aromatic heterocycles. The van der Waals surface area contributed by atoms with Crippen molar-refractivity contribution in [2.75, 3.05) is 33.3 Å². The van der Waals surface area contributed by atoms with E-state index in [-0.39, 0.29) is 17.5 Å². The lowest BCUT2D eigenvalue weighted by Crippen LogP contribution is -2.43. The van der Waals surface area contributed by atoms with E-state index in [0.29, 0.717) is 13.1 Å². The van der Waals surface area contributed by atoms with Gasteiger partial charge in [-0.05, 0) is 26.4 Å². The van der Waals surface area contributed by atoms with E-state index < -0.39 is 10.0 Å². The van der Waals surface area contributed by atoms with E-state index in [9.17, 15) is 8.42 Å². The van der Waals surface area contributed by atoms with E-state index in [4.69, 9.17) is 5.11 Å². The fourth-order valence-electron chi connectivity index (χ4n) is 2.71. The molecular formula is C13H24N4O3S. The van der Waals surface area contributed by atoms with Gasteiger partial charge in [0.1, 0.15) is 4.90 Å². The third kappa shape index (κ3) is 3.63. The maximum atomic E-state index is 12.8. The molecule has 8 heteroatoms. The first kappa shape index (κ1) is 16.4. The van der Waals surface area contributed by atoms with E-state index in [1.54, 1.807) is 4.31 Å². The molecular weight excluding hydrogens is 292 g/mol. The maximum absolute atomic E-state index is 12.8. The Morgan fingerprint density at radius 3 is 2.86 bits per heavy atom. The summed E-state index contributed by atoms with van der Waals surface area (Å²) < 4.78 is 28.7. The van der Waals surface area contributed by atoms with Crippen molar-refractivity contribution in [2.45, 2.75) is 37.2 Å². The van der Waals surface area contributed by atoms with Gasteiger partial charge in [0.05, 0.1) is 19.3 Å². The van der Waals surface area contributed by atoms with Crippen LogP contribution in [0.2, 0.25) is 0 Å². The molecule has 0 amide bonds. The molecule has 0 radical (unpaired) electrons. The van der Waals surface area contributed by atoms with Crippen LogP contribution in [0.1, 0.15) is 19.8 Å². The number of hydrogen-bond donors (Lipinski definition) is 1. The molecule has 1 aliphatic heterocycles. The van der Waals surface area contributed by atoms with Crippen LogP contribution in [0.5, 0.6) is 0 Å². The Morgan fingerprint density at radius 2 is 2.19 bits per heavy atom. The van der Waals surface area contributed by atoms with Gasteiger partial charge in [0, 0.05) is 25.3 Å². The van der Waals surface area contributed by atoms with E-state index >= 15 is 0 Å². The second-order valence-corrected chi connectivity index (χ2v) is 7.35. The first-order valence-electron chi connectivity index (χ1n) is 7.32. The summed E-state index contributed by atoms with van der Waals surface area (Å²) in [5.41, 5.74) is 0. The van der Waals surface area contributed by atoms with Gasteiger partial charge >= 0.3 is 0 Å². The lowest BCUT2D eigenvalue weighted by Gasteiger charge is -2.28. The minimum atomic E-state index is -3.53. The van der Waals surface area contributed by atoms with E-state index in [0.717, 1.165) is 25.9 Å². The number of likely N-dealkylation sites (N-methyl/N-ethyl adjacent to an activating group) is 1. The summed E-state index contributed by atoms with van der Waals surface area (Å²) in [6, 6.07) is -0.0105. The third-order valence-corrected chi connectivity index (χ3v) is 5.77. The topological polar surface area (TPSA) is 78.7 Å². The standard InChI is InChI=1S/C13H24N4O3S/c1-3-12-10-15(2)5-4-6-17(12)21(19,20)13-9-14-16(11-13)7-8-18/h9,11-12,18H,3-8,10H2,1-2H3. The van der Waals surface area contributed by atoms with Gasteiger partial charge in [-0.2, -0.15) is 9.40 Å². The molecule has 1 fully saturated rings. The predicted octanol–water partition coefficient (Wildman–Crippen LogP) is -0.0198. The summed E-state index contributed by atoms with van der Waals surface area (Å²) in [7, 11) is -1.50. The Labute approximate surface area is 126 Å². The van der Waals surface area contributed by atoms with Crippen molar-refractivity contribution >= 4 is 10.0 Å². The molecule has 120 valence electrons. The molecule has 2 rings (SSSR count). The molecule has 0 aromatic carbocycles. The second-order valence-electron chi connectivity index (χ2n) is 5.46. The normalized spacial score (nSPS) is 22.3. The molecule has 1 aliphatic rings. The molecule has 7 nitrogen and oxygen atoms in total. The monoisotopic (exact) mass is 316 g/mol. The quantitative estimate of drug-likeness (QED) is 0.826. The van der Waals surface area contributed by atoms with E-state index in [1.165, 1.54) is 17.1 Å². The van der Waals surface area contributed by atoms with Crippen LogP contribution in [0.3, 0.4) is 0 Å². The number of nitrogens with zero attached hydrogens (tertiary/aromatic N) is 4. The van der Waals surface area contributed by atoms with Crippen molar-refractivity contribution in [1.82, 2.24) is 19.0 Å². The number of sulfonamides is 1. The molecule has 1 aromatic rings. The molecule has 2 heterocycles. The summed E-state index contributed by atoms with van der Waals surface area (Å²) in [6.45, 7) is 4.45. The molecule has 1 N–H and O–H groups in total. The molecule has 1 atom stereocenters. The minimum Gasteiger partial charge on any atom is -0.394 e. The first-order valence-corrected chi connectivity index (χ1v) is 8.76. The highest BCUT2D eigenvalue weighted by atomic mass is 32.2. The molecule has 0 saturated carbocycles.